The van der Waals surface area contributed by atoms with Crippen LogP contribution in [0.2, 0.25) is 0 Å². The maximum atomic E-state index is 12.0. The number of nitrogens with two attached hydrogens (primary N) is 1. The molecule has 0 radical (unpaired) electrons. The number of sulfonamides is 1. The summed E-state index contributed by atoms with van der Waals surface area (Å²) in [6.07, 6.45) is 1.96. The number of likely N-dealkylation sites (tertiary alicyclic amines) is 1. The first-order chi connectivity index (χ1) is 8.90. The second kappa shape index (κ2) is 5.48. The molecular formula is C11H17N3O3S2. The van der Waals surface area contributed by atoms with Crippen LogP contribution in [0.1, 0.15) is 19.8 Å². The summed E-state index contributed by atoms with van der Waals surface area (Å²) in [5, 5.41) is 1.56. The second-order valence-electron chi connectivity index (χ2n) is 4.57. The normalized spacial score (nSPS) is 17.6. The highest BCUT2D eigenvalue weighted by Gasteiger charge is 2.27. The minimum absolute atomic E-state index is 0.131. The SMILES string of the molecule is CC(NS(=O)(=O)c1cc(N)cs1)C(=O)N1CCCC1. The van der Waals surface area contributed by atoms with Crippen LogP contribution in [0.5, 0.6) is 0 Å². The lowest BCUT2D eigenvalue weighted by Gasteiger charge is -2.20. The highest BCUT2D eigenvalue weighted by molar-refractivity contribution is 7.91. The van der Waals surface area contributed by atoms with E-state index >= 15 is 0 Å². The zero-order chi connectivity index (χ0) is 14.0. The van der Waals surface area contributed by atoms with Gasteiger partial charge in [-0.05, 0) is 25.8 Å². The minimum atomic E-state index is -3.67. The van der Waals surface area contributed by atoms with Crippen LogP contribution < -0.4 is 10.5 Å². The number of rotatable bonds is 4. The highest BCUT2D eigenvalue weighted by Crippen LogP contribution is 2.21. The fourth-order valence-electron chi connectivity index (χ4n) is 2.02. The lowest BCUT2D eigenvalue weighted by atomic mass is 10.3. The van der Waals surface area contributed by atoms with Crippen molar-refractivity contribution in [1.29, 1.82) is 0 Å². The van der Waals surface area contributed by atoms with Crippen molar-refractivity contribution < 1.29 is 13.2 Å². The van der Waals surface area contributed by atoms with Crippen LogP contribution in [0.15, 0.2) is 15.7 Å². The number of nitrogen functional groups attached to an aromatic ring is 1. The third-order valence-electron chi connectivity index (χ3n) is 2.98. The summed E-state index contributed by atoms with van der Waals surface area (Å²) >= 11 is 1.04. The van der Waals surface area contributed by atoms with E-state index in [1.807, 2.05) is 0 Å². The molecule has 1 atom stereocenters. The van der Waals surface area contributed by atoms with Crippen molar-refractivity contribution in [2.75, 3.05) is 18.8 Å². The Morgan fingerprint density at radius 1 is 1.47 bits per heavy atom. The summed E-state index contributed by atoms with van der Waals surface area (Å²) in [5.41, 5.74) is 5.91. The molecule has 1 saturated heterocycles. The van der Waals surface area contributed by atoms with E-state index in [-0.39, 0.29) is 10.1 Å². The molecule has 2 rings (SSSR count). The van der Waals surface area contributed by atoms with E-state index in [0.717, 1.165) is 24.2 Å². The topological polar surface area (TPSA) is 92.5 Å². The Morgan fingerprint density at radius 2 is 2.11 bits per heavy atom. The zero-order valence-corrected chi connectivity index (χ0v) is 12.3. The van der Waals surface area contributed by atoms with E-state index < -0.39 is 16.1 Å². The number of carbonyl (C=O) groups is 1. The van der Waals surface area contributed by atoms with Crippen LogP contribution in [0, 0.1) is 0 Å². The summed E-state index contributed by atoms with van der Waals surface area (Å²) in [6, 6.07) is 0.631. The van der Waals surface area contributed by atoms with Gasteiger partial charge in [-0.1, -0.05) is 0 Å². The van der Waals surface area contributed by atoms with Crippen molar-refractivity contribution in [2.24, 2.45) is 0 Å². The molecule has 1 unspecified atom stereocenters. The first-order valence-corrected chi connectivity index (χ1v) is 8.41. The number of nitrogens with zero attached hydrogens (tertiary/aromatic N) is 1. The second-order valence-corrected chi connectivity index (χ2v) is 7.43. The van der Waals surface area contributed by atoms with Crippen molar-refractivity contribution in [3.63, 3.8) is 0 Å². The third kappa shape index (κ3) is 3.26. The average Bonchev–Trinajstić information content (AvgIpc) is 2.97. The van der Waals surface area contributed by atoms with Crippen LogP contribution in [0.4, 0.5) is 5.69 Å². The van der Waals surface area contributed by atoms with Gasteiger partial charge in [0.1, 0.15) is 4.21 Å². The largest absolute Gasteiger partial charge is 0.398 e. The van der Waals surface area contributed by atoms with Gasteiger partial charge < -0.3 is 10.6 Å². The van der Waals surface area contributed by atoms with Gasteiger partial charge >= 0.3 is 0 Å². The molecule has 0 saturated carbocycles. The summed E-state index contributed by atoms with van der Waals surface area (Å²) in [6.45, 7) is 2.98. The molecule has 8 heteroatoms. The Morgan fingerprint density at radius 3 is 2.63 bits per heavy atom. The standard InChI is InChI=1S/C11H17N3O3S2/c1-8(11(15)14-4-2-3-5-14)13-19(16,17)10-6-9(12)7-18-10/h6-8,13H,2-5,12H2,1H3. The van der Waals surface area contributed by atoms with E-state index in [4.69, 9.17) is 5.73 Å². The molecule has 1 aromatic rings. The van der Waals surface area contributed by atoms with Crippen LogP contribution in [0.3, 0.4) is 0 Å². The van der Waals surface area contributed by atoms with Gasteiger partial charge in [0, 0.05) is 24.2 Å². The molecule has 1 fully saturated rings. The number of hydrogen-bond donors (Lipinski definition) is 2. The van der Waals surface area contributed by atoms with Crippen molar-refractivity contribution in [2.45, 2.75) is 30.0 Å². The third-order valence-corrected chi connectivity index (χ3v) is 5.98. The van der Waals surface area contributed by atoms with Gasteiger partial charge in [0.2, 0.25) is 5.91 Å². The lowest BCUT2D eigenvalue weighted by molar-refractivity contribution is -0.131. The fraction of sp³-hybridized carbons (Fsp3) is 0.545. The molecule has 0 aliphatic carbocycles. The van der Waals surface area contributed by atoms with Gasteiger partial charge in [-0.3, -0.25) is 4.79 Å². The van der Waals surface area contributed by atoms with E-state index in [9.17, 15) is 13.2 Å². The molecule has 106 valence electrons. The minimum Gasteiger partial charge on any atom is -0.398 e. The molecule has 1 aromatic heterocycles. The first kappa shape index (κ1) is 14.3. The van der Waals surface area contributed by atoms with E-state index in [1.54, 1.807) is 17.2 Å². The van der Waals surface area contributed by atoms with Crippen LogP contribution in [0.25, 0.3) is 0 Å². The molecule has 19 heavy (non-hydrogen) atoms. The Kier molecular flexibility index (Phi) is 4.12. The molecule has 0 spiro atoms. The zero-order valence-electron chi connectivity index (χ0n) is 10.6. The molecule has 1 aliphatic rings. The van der Waals surface area contributed by atoms with Gasteiger partial charge in [0.15, 0.2) is 0 Å². The van der Waals surface area contributed by atoms with Crippen LogP contribution in [-0.4, -0.2) is 38.4 Å². The molecule has 0 bridgehead atoms. The van der Waals surface area contributed by atoms with Crippen molar-refractivity contribution >= 4 is 33.0 Å². The highest BCUT2D eigenvalue weighted by atomic mass is 32.2. The Hall–Kier alpha value is -1.12. The van der Waals surface area contributed by atoms with Crippen LogP contribution in [-0.2, 0) is 14.8 Å². The molecule has 0 aromatic carbocycles. The van der Waals surface area contributed by atoms with Gasteiger partial charge in [0.25, 0.3) is 10.0 Å². The number of hydrogen-bond acceptors (Lipinski definition) is 5. The number of thiophene rings is 1. The number of carbonyl (C=O) groups excluding carboxylic acids is 1. The molecule has 6 nitrogen and oxygen atoms in total. The maximum absolute atomic E-state index is 12.0. The average molecular weight is 303 g/mol. The summed E-state index contributed by atoms with van der Waals surface area (Å²) < 4.78 is 26.6. The fourth-order valence-corrected chi connectivity index (χ4v) is 4.32. The summed E-state index contributed by atoms with van der Waals surface area (Å²) in [4.78, 5) is 13.7. The first-order valence-electron chi connectivity index (χ1n) is 6.05. The van der Waals surface area contributed by atoms with Gasteiger partial charge in [-0.25, -0.2) is 8.42 Å². The summed E-state index contributed by atoms with van der Waals surface area (Å²) in [7, 11) is -3.67. The molecular weight excluding hydrogens is 286 g/mol. The van der Waals surface area contributed by atoms with Gasteiger partial charge in [0.05, 0.1) is 6.04 Å². The lowest BCUT2D eigenvalue weighted by Crippen LogP contribution is -2.45. The van der Waals surface area contributed by atoms with Crippen LogP contribution >= 0.6 is 11.3 Å². The number of amides is 1. The Bertz CT molecular complexity index is 561. The van der Waals surface area contributed by atoms with Crippen molar-refractivity contribution in [3.8, 4) is 0 Å². The van der Waals surface area contributed by atoms with Crippen molar-refractivity contribution in [3.05, 3.63) is 11.4 Å². The predicted molar refractivity (Wildman–Crippen MR) is 74.3 cm³/mol. The molecule has 1 aliphatic heterocycles. The maximum Gasteiger partial charge on any atom is 0.250 e. The Balaban J connectivity index is 2.05. The molecule has 2 heterocycles. The monoisotopic (exact) mass is 303 g/mol. The number of nitrogens with one attached hydrogen (secondary N) is 1. The Labute approximate surface area is 116 Å². The summed E-state index contributed by atoms with van der Waals surface area (Å²) in [5.74, 6) is -0.175. The van der Waals surface area contributed by atoms with E-state index in [0.29, 0.717) is 18.8 Å². The van der Waals surface area contributed by atoms with Gasteiger partial charge in [-0.2, -0.15) is 4.72 Å². The quantitative estimate of drug-likeness (QED) is 0.853. The molecule has 1 amide bonds. The van der Waals surface area contributed by atoms with E-state index in [1.165, 1.54) is 6.07 Å². The molecule has 3 N–H and O–H groups in total. The predicted octanol–water partition coefficient (Wildman–Crippen LogP) is 0.619. The van der Waals surface area contributed by atoms with Gasteiger partial charge in [-0.15, -0.1) is 11.3 Å². The smallest absolute Gasteiger partial charge is 0.250 e. The van der Waals surface area contributed by atoms with E-state index in [2.05, 4.69) is 4.72 Å². The number of anilines is 1. The van der Waals surface area contributed by atoms with Crippen molar-refractivity contribution in [1.82, 2.24) is 9.62 Å².